The third-order valence-electron chi connectivity index (χ3n) is 7.76. The van der Waals surface area contributed by atoms with Crippen LogP contribution in [0.2, 0.25) is 0 Å². The number of anilines is 3. The Morgan fingerprint density at radius 1 is 0.950 bits per heavy atom. The average Bonchev–Trinajstić information content (AvgIpc) is 2.94. The predicted octanol–water partition coefficient (Wildman–Crippen LogP) is 6.95. The number of carbonyl (C=O) groups is 2. The van der Waals surface area contributed by atoms with Crippen molar-refractivity contribution in [3.05, 3.63) is 89.5 Å². The Kier molecular flexibility index (Phi) is 7.51. The molecule has 0 bridgehead atoms. The van der Waals surface area contributed by atoms with Gasteiger partial charge in [-0.3, -0.25) is 19.4 Å². The van der Waals surface area contributed by atoms with Crippen LogP contribution < -0.4 is 19.4 Å². The lowest BCUT2D eigenvalue weighted by molar-refractivity contribution is -0.120. The molecule has 40 heavy (non-hydrogen) atoms. The van der Waals surface area contributed by atoms with Gasteiger partial charge in [0.15, 0.2) is 5.11 Å². The normalized spacial score (nSPS) is 18.6. The lowest BCUT2D eigenvalue weighted by atomic mass is 9.79. The van der Waals surface area contributed by atoms with Crippen molar-refractivity contribution in [2.45, 2.75) is 52.0 Å². The first-order valence-electron chi connectivity index (χ1n) is 13.7. The number of carbonyl (C=O) groups excluding carboxylic acids is 2. The van der Waals surface area contributed by atoms with Crippen molar-refractivity contribution < 1.29 is 14.3 Å². The fraction of sp³-hybridized carbons (Fsp3) is 0.303. The molecule has 1 atom stereocenters. The van der Waals surface area contributed by atoms with Gasteiger partial charge in [0.25, 0.3) is 11.8 Å². The van der Waals surface area contributed by atoms with E-state index >= 15 is 0 Å². The molecule has 0 radical (unpaired) electrons. The van der Waals surface area contributed by atoms with Crippen molar-refractivity contribution in [2.75, 3.05) is 28.4 Å². The maximum atomic E-state index is 14.0. The summed E-state index contributed by atoms with van der Waals surface area (Å²) >= 11 is 5.74. The molecule has 2 aliphatic rings. The summed E-state index contributed by atoms with van der Waals surface area (Å²) in [6, 6.07) is 22.5. The van der Waals surface area contributed by atoms with Crippen LogP contribution in [0.1, 0.15) is 57.6 Å². The molecule has 2 aliphatic heterocycles. The molecule has 1 saturated heterocycles. The Bertz CT molecular complexity index is 1420. The van der Waals surface area contributed by atoms with E-state index in [4.69, 9.17) is 17.0 Å². The second-order valence-corrected chi connectivity index (χ2v) is 11.4. The van der Waals surface area contributed by atoms with Crippen molar-refractivity contribution in [1.29, 1.82) is 0 Å². The number of ether oxygens (including phenoxy) is 1. The first kappa shape index (κ1) is 27.6. The van der Waals surface area contributed by atoms with Gasteiger partial charge in [0, 0.05) is 29.4 Å². The molecule has 1 unspecified atom stereocenters. The zero-order valence-electron chi connectivity index (χ0n) is 23.7. The van der Waals surface area contributed by atoms with Gasteiger partial charge < -0.3 is 9.64 Å². The van der Waals surface area contributed by atoms with Crippen LogP contribution in [0.4, 0.5) is 17.1 Å². The van der Waals surface area contributed by atoms with Gasteiger partial charge >= 0.3 is 0 Å². The molecule has 2 amide bonds. The summed E-state index contributed by atoms with van der Waals surface area (Å²) in [5.41, 5.74) is 4.24. The second kappa shape index (κ2) is 10.9. The van der Waals surface area contributed by atoms with E-state index in [1.54, 1.807) is 13.2 Å². The summed E-state index contributed by atoms with van der Waals surface area (Å²) in [6.07, 6.45) is 3.69. The highest BCUT2D eigenvalue weighted by Crippen LogP contribution is 2.46. The number of methoxy groups -OCH3 is 1. The molecule has 5 rings (SSSR count). The predicted molar refractivity (Wildman–Crippen MR) is 166 cm³/mol. The number of para-hydroxylation sites is 2. The van der Waals surface area contributed by atoms with Gasteiger partial charge in [-0.1, -0.05) is 50.2 Å². The maximum Gasteiger partial charge on any atom is 0.270 e. The molecular formula is C33H35N3O3S. The van der Waals surface area contributed by atoms with Crippen LogP contribution in [0, 0.1) is 0 Å². The summed E-state index contributed by atoms with van der Waals surface area (Å²) in [6.45, 7) is 9.91. The lowest BCUT2D eigenvalue weighted by Gasteiger charge is -2.48. The van der Waals surface area contributed by atoms with Gasteiger partial charge in [-0.2, -0.15) is 0 Å². The van der Waals surface area contributed by atoms with E-state index in [1.165, 1.54) is 15.4 Å². The molecular weight excluding hydrogens is 518 g/mol. The highest BCUT2D eigenvalue weighted by molar-refractivity contribution is 7.81. The fourth-order valence-electron chi connectivity index (χ4n) is 5.96. The van der Waals surface area contributed by atoms with E-state index < -0.39 is 11.8 Å². The molecule has 206 valence electrons. The minimum atomic E-state index is -0.463. The maximum absolute atomic E-state index is 14.0. The zero-order chi connectivity index (χ0) is 28.6. The van der Waals surface area contributed by atoms with Crippen LogP contribution >= 0.6 is 12.2 Å². The van der Waals surface area contributed by atoms with Crippen molar-refractivity contribution in [1.82, 2.24) is 0 Å². The van der Waals surface area contributed by atoms with Gasteiger partial charge in [-0.25, -0.2) is 0 Å². The van der Waals surface area contributed by atoms with Gasteiger partial charge in [-0.05, 0) is 86.8 Å². The van der Waals surface area contributed by atoms with Crippen LogP contribution in [0.3, 0.4) is 0 Å². The molecule has 7 heteroatoms. The van der Waals surface area contributed by atoms with Crippen molar-refractivity contribution >= 4 is 52.3 Å². The third kappa shape index (κ3) is 4.79. The Morgan fingerprint density at radius 3 is 2.00 bits per heavy atom. The molecule has 0 saturated carbocycles. The highest BCUT2D eigenvalue weighted by atomic mass is 32.1. The van der Waals surface area contributed by atoms with E-state index in [0.29, 0.717) is 28.6 Å². The van der Waals surface area contributed by atoms with Crippen molar-refractivity contribution in [3.63, 3.8) is 0 Å². The summed E-state index contributed by atoms with van der Waals surface area (Å²) in [5.74, 6) is -0.0125. The van der Waals surface area contributed by atoms with Crippen molar-refractivity contribution in [2.24, 2.45) is 0 Å². The summed E-state index contributed by atoms with van der Waals surface area (Å²) in [7, 11) is 1.62. The van der Waals surface area contributed by atoms with E-state index in [0.717, 1.165) is 25.1 Å². The number of hydrogen-bond acceptors (Lipinski definition) is 5. The van der Waals surface area contributed by atoms with Gasteiger partial charge in [0.1, 0.15) is 11.3 Å². The van der Waals surface area contributed by atoms with Crippen LogP contribution in [0.5, 0.6) is 5.75 Å². The highest BCUT2D eigenvalue weighted by Gasteiger charge is 2.42. The zero-order valence-corrected chi connectivity index (χ0v) is 24.5. The summed E-state index contributed by atoms with van der Waals surface area (Å²) < 4.78 is 5.85. The Balaban J connectivity index is 1.67. The van der Waals surface area contributed by atoms with Crippen LogP contribution in [0.25, 0.3) is 6.08 Å². The van der Waals surface area contributed by atoms with E-state index in [1.807, 2.05) is 60.7 Å². The van der Waals surface area contributed by atoms with Crippen LogP contribution in [0.15, 0.2) is 78.4 Å². The number of amides is 2. The topological polar surface area (TPSA) is 53.1 Å². The first-order valence-corrected chi connectivity index (χ1v) is 14.1. The van der Waals surface area contributed by atoms with Gasteiger partial charge in [-0.15, -0.1) is 0 Å². The molecule has 3 aromatic rings. The number of thiocarbonyl (C=S) groups is 1. The third-order valence-corrected chi connectivity index (χ3v) is 8.13. The number of rotatable bonds is 6. The molecule has 0 N–H and O–H groups in total. The fourth-order valence-corrected chi connectivity index (χ4v) is 6.33. The molecule has 0 aliphatic carbocycles. The van der Waals surface area contributed by atoms with Gasteiger partial charge in [0.05, 0.1) is 18.5 Å². The number of hydrogen-bond donors (Lipinski definition) is 0. The number of fused-ring (bicyclic) bond motifs is 1. The lowest BCUT2D eigenvalue weighted by Crippen LogP contribution is -2.56. The van der Waals surface area contributed by atoms with E-state index in [-0.39, 0.29) is 16.2 Å². The molecule has 0 aromatic heterocycles. The van der Waals surface area contributed by atoms with Gasteiger partial charge in [0.2, 0.25) is 0 Å². The Hall–Kier alpha value is -3.97. The smallest absolute Gasteiger partial charge is 0.270 e. The summed E-state index contributed by atoms with van der Waals surface area (Å²) in [4.78, 5) is 33.3. The van der Waals surface area contributed by atoms with Crippen LogP contribution in [-0.2, 0) is 9.59 Å². The largest absolute Gasteiger partial charge is 0.496 e. The molecule has 0 spiro atoms. The minimum Gasteiger partial charge on any atom is -0.496 e. The van der Waals surface area contributed by atoms with E-state index in [2.05, 4.69) is 44.7 Å². The quantitative estimate of drug-likeness (QED) is 0.188. The average molecular weight is 554 g/mol. The second-order valence-electron chi connectivity index (χ2n) is 11.0. The number of benzene rings is 3. The Labute approximate surface area is 241 Å². The molecule has 2 heterocycles. The SMILES string of the molecule is CCCN1c2cc(OC)c(C=C3C(=O)N(c4ccccc4)C(=S)N(c4ccccc4)C3=O)cc2C(C)CC1(C)C. The van der Waals surface area contributed by atoms with Crippen LogP contribution in [-0.4, -0.2) is 36.1 Å². The minimum absolute atomic E-state index is 0.00475. The Morgan fingerprint density at radius 2 is 1.50 bits per heavy atom. The van der Waals surface area contributed by atoms with Crippen molar-refractivity contribution in [3.8, 4) is 5.75 Å². The first-order chi connectivity index (χ1) is 19.2. The molecule has 1 fully saturated rings. The summed E-state index contributed by atoms with van der Waals surface area (Å²) in [5, 5.41) is 0.119. The number of nitrogens with zero attached hydrogens (tertiary/aromatic N) is 3. The standard InChI is InChI=1S/C33H35N3O3S/c1-6-17-34-28-20-29(39-5)23(18-26(28)22(2)21-33(34,3)4)19-27-30(37)35(24-13-9-7-10-14-24)32(40)36(31(27)38)25-15-11-8-12-16-25/h7-16,18-20,22H,6,17,21H2,1-5H3. The monoisotopic (exact) mass is 553 g/mol. The van der Waals surface area contributed by atoms with E-state index in [9.17, 15) is 9.59 Å². The molecule has 6 nitrogen and oxygen atoms in total. The molecule has 3 aromatic carbocycles.